The molecular weight excluding hydrogens is 180 g/mol. The Hall–Kier alpha value is -0.610. The fraction of sp³-hybridized carbons (Fsp3) is 0.900. The summed E-state index contributed by atoms with van der Waals surface area (Å²) in [5, 5.41) is 2.85. The molecule has 2 atom stereocenters. The SMILES string of the molecule is COCC(C)NC(=O)CCCC(C)N. The Morgan fingerprint density at radius 1 is 1.50 bits per heavy atom. The molecule has 3 N–H and O–H groups in total. The van der Waals surface area contributed by atoms with Gasteiger partial charge in [0, 0.05) is 25.6 Å². The molecule has 0 aliphatic rings. The van der Waals surface area contributed by atoms with Gasteiger partial charge >= 0.3 is 0 Å². The van der Waals surface area contributed by atoms with Crippen molar-refractivity contribution < 1.29 is 9.53 Å². The summed E-state index contributed by atoms with van der Waals surface area (Å²) >= 11 is 0. The minimum Gasteiger partial charge on any atom is -0.383 e. The van der Waals surface area contributed by atoms with Crippen molar-refractivity contribution in [1.82, 2.24) is 5.32 Å². The molecule has 0 saturated carbocycles. The van der Waals surface area contributed by atoms with E-state index in [1.807, 2.05) is 13.8 Å². The molecule has 0 aliphatic heterocycles. The molecule has 0 aromatic carbocycles. The molecule has 0 aromatic rings. The van der Waals surface area contributed by atoms with Crippen LogP contribution < -0.4 is 11.1 Å². The second kappa shape index (κ2) is 7.76. The molecule has 1 amide bonds. The molecule has 0 spiro atoms. The smallest absolute Gasteiger partial charge is 0.220 e. The highest BCUT2D eigenvalue weighted by Gasteiger charge is 2.06. The van der Waals surface area contributed by atoms with Crippen molar-refractivity contribution in [3.63, 3.8) is 0 Å². The summed E-state index contributed by atoms with van der Waals surface area (Å²) in [5.74, 6) is 0.0789. The van der Waals surface area contributed by atoms with Crippen LogP contribution >= 0.6 is 0 Å². The van der Waals surface area contributed by atoms with Crippen LogP contribution in [-0.2, 0) is 9.53 Å². The lowest BCUT2D eigenvalue weighted by molar-refractivity contribution is -0.122. The van der Waals surface area contributed by atoms with Gasteiger partial charge in [0.05, 0.1) is 6.61 Å². The third-order valence-electron chi connectivity index (χ3n) is 1.89. The number of nitrogens with two attached hydrogens (primary N) is 1. The molecular formula is C10H22N2O2. The molecule has 84 valence electrons. The van der Waals surface area contributed by atoms with Crippen molar-refractivity contribution in [3.8, 4) is 0 Å². The van der Waals surface area contributed by atoms with Crippen molar-refractivity contribution >= 4 is 5.91 Å². The zero-order valence-corrected chi connectivity index (χ0v) is 9.38. The van der Waals surface area contributed by atoms with E-state index in [2.05, 4.69) is 5.32 Å². The average Bonchev–Trinajstić information content (AvgIpc) is 2.03. The zero-order chi connectivity index (χ0) is 11.0. The summed E-state index contributed by atoms with van der Waals surface area (Å²) in [5.41, 5.74) is 5.58. The van der Waals surface area contributed by atoms with E-state index in [0.717, 1.165) is 12.8 Å². The molecule has 2 unspecified atom stereocenters. The quantitative estimate of drug-likeness (QED) is 0.637. The first-order chi connectivity index (χ1) is 6.56. The number of ether oxygens (including phenoxy) is 1. The van der Waals surface area contributed by atoms with E-state index in [1.54, 1.807) is 7.11 Å². The second-order valence-corrected chi connectivity index (χ2v) is 3.79. The van der Waals surface area contributed by atoms with Gasteiger partial charge in [0.15, 0.2) is 0 Å². The first-order valence-corrected chi connectivity index (χ1v) is 5.10. The van der Waals surface area contributed by atoms with Crippen LogP contribution in [0.15, 0.2) is 0 Å². The highest BCUT2D eigenvalue weighted by atomic mass is 16.5. The highest BCUT2D eigenvalue weighted by molar-refractivity contribution is 5.76. The van der Waals surface area contributed by atoms with Gasteiger partial charge in [0.2, 0.25) is 5.91 Å². The van der Waals surface area contributed by atoms with Crippen LogP contribution in [-0.4, -0.2) is 31.7 Å². The summed E-state index contributed by atoms with van der Waals surface area (Å²) in [7, 11) is 1.62. The van der Waals surface area contributed by atoms with Crippen molar-refractivity contribution in [2.75, 3.05) is 13.7 Å². The Labute approximate surface area is 86.2 Å². The molecule has 0 fully saturated rings. The van der Waals surface area contributed by atoms with Gasteiger partial charge in [-0.15, -0.1) is 0 Å². The normalized spacial score (nSPS) is 14.9. The van der Waals surface area contributed by atoms with Gasteiger partial charge < -0.3 is 15.8 Å². The lowest BCUT2D eigenvalue weighted by Crippen LogP contribution is -2.35. The number of hydrogen-bond acceptors (Lipinski definition) is 3. The molecule has 0 heterocycles. The minimum absolute atomic E-state index is 0.0789. The lowest BCUT2D eigenvalue weighted by atomic mass is 10.1. The van der Waals surface area contributed by atoms with Crippen molar-refractivity contribution in [2.45, 2.75) is 45.2 Å². The van der Waals surface area contributed by atoms with Crippen LogP contribution in [0.25, 0.3) is 0 Å². The molecule has 0 aliphatic carbocycles. The predicted molar refractivity (Wildman–Crippen MR) is 57.0 cm³/mol. The third-order valence-corrected chi connectivity index (χ3v) is 1.89. The Kier molecular flexibility index (Phi) is 7.42. The Morgan fingerprint density at radius 3 is 2.64 bits per heavy atom. The number of carbonyl (C=O) groups excluding carboxylic acids is 1. The Morgan fingerprint density at radius 2 is 2.14 bits per heavy atom. The summed E-state index contributed by atoms with van der Waals surface area (Å²) in [4.78, 5) is 11.3. The first-order valence-electron chi connectivity index (χ1n) is 5.10. The number of hydrogen-bond donors (Lipinski definition) is 2. The van der Waals surface area contributed by atoms with Gasteiger partial charge in [0.1, 0.15) is 0 Å². The van der Waals surface area contributed by atoms with E-state index in [1.165, 1.54) is 0 Å². The van der Waals surface area contributed by atoms with Crippen molar-refractivity contribution in [2.24, 2.45) is 5.73 Å². The third kappa shape index (κ3) is 8.01. The summed E-state index contributed by atoms with van der Waals surface area (Å²) in [6.07, 6.45) is 2.30. The number of methoxy groups -OCH3 is 1. The fourth-order valence-electron chi connectivity index (χ4n) is 1.22. The molecule has 0 radical (unpaired) electrons. The highest BCUT2D eigenvalue weighted by Crippen LogP contribution is 1.98. The standard InChI is InChI=1S/C10H22N2O2/c1-8(11)5-4-6-10(13)12-9(2)7-14-3/h8-9H,4-7,11H2,1-3H3,(H,12,13). The van der Waals surface area contributed by atoms with Crippen LogP contribution in [0.3, 0.4) is 0 Å². The van der Waals surface area contributed by atoms with Crippen LogP contribution in [0.1, 0.15) is 33.1 Å². The fourth-order valence-corrected chi connectivity index (χ4v) is 1.22. The zero-order valence-electron chi connectivity index (χ0n) is 9.38. The average molecular weight is 202 g/mol. The number of rotatable bonds is 7. The summed E-state index contributed by atoms with van der Waals surface area (Å²) in [6, 6.07) is 0.266. The Bertz CT molecular complexity index is 160. The molecule has 4 heteroatoms. The lowest BCUT2D eigenvalue weighted by Gasteiger charge is -2.12. The van der Waals surface area contributed by atoms with Crippen molar-refractivity contribution in [1.29, 1.82) is 0 Å². The largest absolute Gasteiger partial charge is 0.383 e. The first kappa shape index (κ1) is 13.4. The summed E-state index contributed by atoms with van der Waals surface area (Å²) in [6.45, 7) is 4.43. The topological polar surface area (TPSA) is 64.3 Å². The van der Waals surface area contributed by atoms with E-state index in [9.17, 15) is 4.79 Å². The predicted octanol–water partition coefficient (Wildman–Crippen LogP) is 0.655. The minimum atomic E-state index is 0.0789. The van der Waals surface area contributed by atoms with E-state index in [4.69, 9.17) is 10.5 Å². The second-order valence-electron chi connectivity index (χ2n) is 3.79. The van der Waals surface area contributed by atoms with E-state index >= 15 is 0 Å². The number of nitrogens with one attached hydrogen (secondary N) is 1. The maximum absolute atomic E-state index is 11.3. The maximum Gasteiger partial charge on any atom is 0.220 e. The molecule has 4 nitrogen and oxygen atoms in total. The maximum atomic E-state index is 11.3. The van der Waals surface area contributed by atoms with Gasteiger partial charge in [0.25, 0.3) is 0 Å². The summed E-state index contributed by atoms with van der Waals surface area (Å²) < 4.78 is 4.91. The molecule has 0 rings (SSSR count). The van der Waals surface area contributed by atoms with Gasteiger partial charge in [-0.05, 0) is 26.7 Å². The van der Waals surface area contributed by atoms with E-state index in [0.29, 0.717) is 13.0 Å². The van der Waals surface area contributed by atoms with Gasteiger partial charge in [-0.2, -0.15) is 0 Å². The molecule has 0 bridgehead atoms. The van der Waals surface area contributed by atoms with Crippen molar-refractivity contribution in [3.05, 3.63) is 0 Å². The van der Waals surface area contributed by atoms with Crippen LogP contribution in [0.5, 0.6) is 0 Å². The molecule has 0 aromatic heterocycles. The molecule has 0 saturated heterocycles. The number of amides is 1. The van der Waals surface area contributed by atoms with Crippen LogP contribution in [0, 0.1) is 0 Å². The van der Waals surface area contributed by atoms with Crippen LogP contribution in [0.2, 0.25) is 0 Å². The van der Waals surface area contributed by atoms with E-state index in [-0.39, 0.29) is 18.0 Å². The number of carbonyl (C=O) groups is 1. The van der Waals surface area contributed by atoms with Gasteiger partial charge in [-0.3, -0.25) is 4.79 Å². The van der Waals surface area contributed by atoms with Crippen LogP contribution in [0.4, 0.5) is 0 Å². The molecule has 14 heavy (non-hydrogen) atoms. The monoisotopic (exact) mass is 202 g/mol. The van der Waals surface area contributed by atoms with E-state index < -0.39 is 0 Å². The Balaban J connectivity index is 3.45. The van der Waals surface area contributed by atoms with Gasteiger partial charge in [-0.1, -0.05) is 0 Å². The van der Waals surface area contributed by atoms with Gasteiger partial charge in [-0.25, -0.2) is 0 Å².